The molecule has 1 aromatic carbocycles. The van der Waals surface area contributed by atoms with Crippen LogP contribution in [-0.4, -0.2) is 28.0 Å². The van der Waals surface area contributed by atoms with Crippen LogP contribution in [0.25, 0.3) is 11.3 Å². The molecule has 0 saturated heterocycles. The van der Waals surface area contributed by atoms with Crippen molar-refractivity contribution in [3.63, 3.8) is 0 Å². The minimum absolute atomic E-state index is 0.127. The van der Waals surface area contributed by atoms with Crippen LogP contribution in [-0.2, 0) is 13.5 Å². The van der Waals surface area contributed by atoms with E-state index < -0.39 is 0 Å². The third-order valence-corrected chi connectivity index (χ3v) is 3.51. The third-order valence-electron chi connectivity index (χ3n) is 3.51. The van der Waals surface area contributed by atoms with Crippen molar-refractivity contribution in [1.82, 2.24) is 9.78 Å². The molecule has 0 aliphatic heterocycles. The first-order valence-corrected chi connectivity index (χ1v) is 6.54. The first kappa shape index (κ1) is 13.8. The highest BCUT2D eigenvalue weighted by atomic mass is 16.3. The van der Waals surface area contributed by atoms with Gasteiger partial charge in [0.1, 0.15) is 0 Å². The number of aryl methyl sites for hydroxylation is 2. The van der Waals surface area contributed by atoms with Crippen molar-refractivity contribution < 1.29 is 5.11 Å². The van der Waals surface area contributed by atoms with Gasteiger partial charge in [0.2, 0.25) is 0 Å². The van der Waals surface area contributed by atoms with Crippen LogP contribution >= 0.6 is 0 Å². The lowest BCUT2D eigenvalue weighted by atomic mass is 9.95. The Hall–Kier alpha value is -1.65. The van der Waals surface area contributed by atoms with Gasteiger partial charge in [-0.25, -0.2) is 0 Å². The third kappa shape index (κ3) is 3.03. The minimum Gasteiger partial charge on any atom is -0.396 e. The van der Waals surface area contributed by atoms with E-state index in [4.69, 9.17) is 5.73 Å². The Balaban J connectivity index is 2.32. The maximum Gasteiger partial charge on any atom is 0.0681 e. The van der Waals surface area contributed by atoms with Crippen LogP contribution in [0.1, 0.15) is 11.1 Å². The second kappa shape index (κ2) is 5.99. The van der Waals surface area contributed by atoms with Gasteiger partial charge < -0.3 is 10.8 Å². The van der Waals surface area contributed by atoms with Gasteiger partial charge in [-0.05, 0) is 49.1 Å². The summed E-state index contributed by atoms with van der Waals surface area (Å²) in [5.74, 6) is 0.127. The molecule has 0 fully saturated rings. The molecule has 102 valence electrons. The number of nitrogens with zero attached hydrogens (tertiary/aromatic N) is 2. The Bertz CT molecular complexity index is 544. The summed E-state index contributed by atoms with van der Waals surface area (Å²) in [6, 6.07) is 8.40. The first-order valence-electron chi connectivity index (χ1n) is 6.54. The number of rotatable bonds is 5. The van der Waals surface area contributed by atoms with E-state index in [-0.39, 0.29) is 12.5 Å². The van der Waals surface area contributed by atoms with Gasteiger partial charge in [-0.3, -0.25) is 4.68 Å². The van der Waals surface area contributed by atoms with Gasteiger partial charge in [-0.15, -0.1) is 0 Å². The fraction of sp³-hybridized carbons (Fsp3) is 0.400. The number of nitrogens with two attached hydrogens (primary N) is 1. The summed E-state index contributed by atoms with van der Waals surface area (Å²) < 4.78 is 1.87. The zero-order chi connectivity index (χ0) is 13.8. The maximum absolute atomic E-state index is 9.25. The lowest BCUT2D eigenvalue weighted by molar-refractivity contribution is 0.230. The summed E-state index contributed by atoms with van der Waals surface area (Å²) in [5.41, 5.74) is 10.4. The van der Waals surface area contributed by atoms with E-state index in [1.54, 1.807) is 6.20 Å². The summed E-state index contributed by atoms with van der Waals surface area (Å²) in [6.45, 7) is 2.73. The van der Waals surface area contributed by atoms with Crippen LogP contribution < -0.4 is 5.73 Å². The Labute approximate surface area is 113 Å². The molecule has 2 aromatic rings. The molecule has 0 amide bonds. The molecule has 1 atom stereocenters. The molecule has 0 aliphatic rings. The van der Waals surface area contributed by atoms with Crippen molar-refractivity contribution in [3.8, 4) is 11.3 Å². The van der Waals surface area contributed by atoms with Gasteiger partial charge in [0.15, 0.2) is 0 Å². The monoisotopic (exact) mass is 259 g/mol. The SMILES string of the molecule is Cc1ccc(CC(CN)CO)cc1-c1ccnn1C. The van der Waals surface area contributed by atoms with E-state index in [0.29, 0.717) is 6.54 Å². The molecule has 19 heavy (non-hydrogen) atoms. The summed E-state index contributed by atoms with van der Waals surface area (Å²) in [5, 5.41) is 13.5. The highest BCUT2D eigenvalue weighted by molar-refractivity contribution is 5.64. The van der Waals surface area contributed by atoms with Gasteiger partial charge in [0.25, 0.3) is 0 Å². The van der Waals surface area contributed by atoms with Gasteiger partial charge in [0, 0.05) is 25.4 Å². The number of aliphatic hydroxyl groups is 1. The number of aliphatic hydroxyl groups excluding tert-OH is 1. The first-order chi connectivity index (χ1) is 9.15. The molecule has 1 unspecified atom stereocenters. The molecule has 0 spiro atoms. The highest BCUT2D eigenvalue weighted by Gasteiger charge is 2.10. The molecule has 0 radical (unpaired) electrons. The molecule has 2 rings (SSSR count). The smallest absolute Gasteiger partial charge is 0.0681 e. The minimum atomic E-state index is 0.127. The number of aromatic nitrogens is 2. The van der Waals surface area contributed by atoms with Crippen molar-refractivity contribution in [2.24, 2.45) is 18.7 Å². The number of hydrogen-bond acceptors (Lipinski definition) is 3. The quantitative estimate of drug-likeness (QED) is 0.855. The molecule has 3 N–H and O–H groups in total. The van der Waals surface area contributed by atoms with Crippen LogP contribution in [0.4, 0.5) is 0 Å². The molecule has 0 bridgehead atoms. The zero-order valence-corrected chi connectivity index (χ0v) is 11.5. The van der Waals surface area contributed by atoms with Gasteiger partial charge in [-0.1, -0.05) is 12.1 Å². The zero-order valence-electron chi connectivity index (χ0n) is 11.5. The predicted molar refractivity (Wildman–Crippen MR) is 76.7 cm³/mol. The molecule has 4 heteroatoms. The van der Waals surface area contributed by atoms with E-state index in [1.165, 1.54) is 16.7 Å². The summed E-state index contributed by atoms with van der Waals surface area (Å²) in [7, 11) is 1.94. The molecule has 4 nitrogen and oxygen atoms in total. The van der Waals surface area contributed by atoms with Crippen molar-refractivity contribution in [2.75, 3.05) is 13.2 Å². The highest BCUT2D eigenvalue weighted by Crippen LogP contribution is 2.24. The van der Waals surface area contributed by atoms with Crippen LogP contribution in [0.15, 0.2) is 30.5 Å². The topological polar surface area (TPSA) is 64.1 Å². The van der Waals surface area contributed by atoms with E-state index in [1.807, 2.05) is 17.8 Å². The van der Waals surface area contributed by atoms with Crippen molar-refractivity contribution in [1.29, 1.82) is 0 Å². The van der Waals surface area contributed by atoms with E-state index in [9.17, 15) is 5.11 Å². The van der Waals surface area contributed by atoms with Gasteiger partial charge in [0.05, 0.1) is 5.69 Å². The summed E-state index contributed by atoms with van der Waals surface area (Å²) in [4.78, 5) is 0. The summed E-state index contributed by atoms with van der Waals surface area (Å²) >= 11 is 0. The molecular weight excluding hydrogens is 238 g/mol. The van der Waals surface area contributed by atoms with Gasteiger partial charge >= 0.3 is 0 Å². The summed E-state index contributed by atoms with van der Waals surface area (Å²) in [6.07, 6.45) is 2.61. The number of hydrogen-bond donors (Lipinski definition) is 2. The fourth-order valence-corrected chi connectivity index (χ4v) is 2.27. The maximum atomic E-state index is 9.25. The Morgan fingerprint density at radius 2 is 2.16 bits per heavy atom. The van der Waals surface area contributed by atoms with E-state index >= 15 is 0 Å². The number of benzene rings is 1. The van der Waals surface area contributed by atoms with Crippen LogP contribution in [0.3, 0.4) is 0 Å². The van der Waals surface area contributed by atoms with Crippen LogP contribution in [0, 0.1) is 12.8 Å². The molecule has 0 aliphatic carbocycles. The molecular formula is C15H21N3O. The predicted octanol–water partition coefficient (Wildman–Crippen LogP) is 1.51. The second-order valence-electron chi connectivity index (χ2n) is 4.98. The van der Waals surface area contributed by atoms with E-state index in [0.717, 1.165) is 12.1 Å². The second-order valence-corrected chi connectivity index (χ2v) is 4.98. The van der Waals surface area contributed by atoms with Crippen molar-refractivity contribution in [2.45, 2.75) is 13.3 Å². The molecule has 1 heterocycles. The Morgan fingerprint density at radius 3 is 2.74 bits per heavy atom. The van der Waals surface area contributed by atoms with E-state index in [2.05, 4.69) is 30.2 Å². The fourth-order valence-electron chi connectivity index (χ4n) is 2.27. The lowest BCUT2D eigenvalue weighted by Crippen LogP contribution is -2.20. The van der Waals surface area contributed by atoms with Crippen molar-refractivity contribution >= 4 is 0 Å². The molecule has 0 saturated carbocycles. The van der Waals surface area contributed by atoms with Crippen LogP contribution in [0.2, 0.25) is 0 Å². The Morgan fingerprint density at radius 1 is 1.37 bits per heavy atom. The van der Waals surface area contributed by atoms with Crippen LogP contribution in [0.5, 0.6) is 0 Å². The Kier molecular flexibility index (Phi) is 4.35. The van der Waals surface area contributed by atoms with Gasteiger partial charge in [-0.2, -0.15) is 5.10 Å². The standard InChI is InChI=1S/C15H21N3O/c1-11-3-4-12(7-13(9-16)10-19)8-14(11)15-5-6-17-18(15)2/h3-6,8,13,19H,7,9-10,16H2,1-2H3. The van der Waals surface area contributed by atoms with Crippen molar-refractivity contribution in [3.05, 3.63) is 41.6 Å². The average Bonchev–Trinajstić information content (AvgIpc) is 2.84. The molecule has 1 aromatic heterocycles. The largest absolute Gasteiger partial charge is 0.396 e. The average molecular weight is 259 g/mol. The normalized spacial score (nSPS) is 12.6. The lowest BCUT2D eigenvalue weighted by Gasteiger charge is -2.14.